The fraction of sp³-hybridized carbons (Fsp3) is 0.750. The minimum Gasteiger partial charge on any atom is -0.468 e. The van der Waals surface area contributed by atoms with E-state index in [9.17, 15) is 9.59 Å². The normalized spacial score (nSPS) is 13.4. The van der Waals surface area contributed by atoms with Gasteiger partial charge in [0.25, 0.3) is 0 Å². The lowest BCUT2D eigenvalue weighted by Gasteiger charge is -2.15. The molecule has 0 aliphatic carbocycles. The monoisotopic (exact) mass is 356 g/mol. The maximum atomic E-state index is 12.4. The molecular weight excluding hydrogens is 328 g/mol. The maximum absolute atomic E-state index is 12.4. The van der Waals surface area contributed by atoms with Crippen molar-refractivity contribution < 1.29 is 14.3 Å². The number of hydrogen-bond acceptors (Lipinski definition) is 6. The average Bonchev–Trinajstić information content (AvgIpc) is 2.99. The number of methoxy groups -OCH3 is 1. The van der Waals surface area contributed by atoms with Gasteiger partial charge in [0.1, 0.15) is 5.25 Å². The lowest BCUT2D eigenvalue weighted by Crippen LogP contribution is -2.29. The van der Waals surface area contributed by atoms with Crippen molar-refractivity contribution in [2.24, 2.45) is 0 Å². The van der Waals surface area contributed by atoms with Crippen LogP contribution < -0.4 is 0 Å². The van der Waals surface area contributed by atoms with Crippen molar-refractivity contribution in [3.63, 3.8) is 0 Å². The van der Waals surface area contributed by atoms with Crippen molar-refractivity contribution in [2.75, 3.05) is 21.2 Å². The van der Waals surface area contributed by atoms with Crippen molar-refractivity contribution in [1.82, 2.24) is 19.7 Å². The molecule has 7 nitrogen and oxygen atoms in total. The molecule has 24 heavy (non-hydrogen) atoms. The topological polar surface area (TPSA) is 77.3 Å². The van der Waals surface area contributed by atoms with Crippen molar-refractivity contribution in [1.29, 1.82) is 0 Å². The van der Waals surface area contributed by atoms with E-state index in [1.165, 1.54) is 28.5 Å². The molecule has 1 aromatic rings. The summed E-state index contributed by atoms with van der Waals surface area (Å²) in [4.78, 5) is 30.4. The van der Waals surface area contributed by atoms with Crippen LogP contribution in [0, 0.1) is 0 Å². The third-order valence-corrected chi connectivity index (χ3v) is 4.93. The number of ether oxygens (including phenoxy) is 1. The molecule has 1 aromatic heterocycles. The first-order valence-electron chi connectivity index (χ1n) is 8.28. The summed E-state index contributed by atoms with van der Waals surface area (Å²) in [6.45, 7) is 6.13. The van der Waals surface area contributed by atoms with Crippen molar-refractivity contribution in [3.05, 3.63) is 5.82 Å². The number of carbonyl (C=O) groups is 2. The standard InChI is InChI=1S/C16H28N4O3S/c1-7-9-10-12(14(21)23-6)24-15-17-13(11(3)8-2)18-20(15)16(22)19(4)5/h11-12H,7-10H2,1-6H3. The zero-order chi connectivity index (χ0) is 18.3. The number of aromatic nitrogens is 3. The van der Waals surface area contributed by atoms with Gasteiger partial charge in [-0.25, -0.2) is 9.78 Å². The minimum absolute atomic E-state index is 0.146. The number of unbranched alkanes of at least 4 members (excludes halogenated alkanes) is 1. The van der Waals surface area contributed by atoms with Crippen LogP contribution >= 0.6 is 11.8 Å². The highest BCUT2D eigenvalue weighted by atomic mass is 32.2. The van der Waals surface area contributed by atoms with Gasteiger partial charge in [-0.1, -0.05) is 45.4 Å². The molecule has 2 unspecified atom stereocenters. The van der Waals surface area contributed by atoms with Crippen LogP contribution in [0.2, 0.25) is 0 Å². The van der Waals surface area contributed by atoms with Gasteiger partial charge in [0.2, 0.25) is 0 Å². The molecule has 0 saturated heterocycles. The summed E-state index contributed by atoms with van der Waals surface area (Å²) < 4.78 is 6.18. The largest absolute Gasteiger partial charge is 0.468 e. The fourth-order valence-electron chi connectivity index (χ4n) is 1.97. The van der Waals surface area contributed by atoms with E-state index in [1.807, 2.05) is 13.8 Å². The first-order chi connectivity index (χ1) is 11.3. The number of nitrogens with zero attached hydrogens (tertiary/aromatic N) is 4. The van der Waals surface area contributed by atoms with Gasteiger partial charge in [-0.15, -0.1) is 5.10 Å². The van der Waals surface area contributed by atoms with E-state index >= 15 is 0 Å². The van der Waals surface area contributed by atoms with E-state index in [4.69, 9.17) is 4.74 Å². The fourth-order valence-corrected chi connectivity index (χ4v) is 3.06. The van der Waals surface area contributed by atoms with Gasteiger partial charge in [0, 0.05) is 20.0 Å². The number of rotatable bonds is 8. The minimum atomic E-state index is -0.391. The smallest absolute Gasteiger partial charge is 0.346 e. The van der Waals surface area contributed by atoms with Gasteiger partial charge in [0.15, 0.2) is 11.0 Å². The van der Waals surface area contributed by atoms with E-state index in [-0.39, 0.29) is 17.9 Å². The van der Waals surface area contributed by atoms with Crippen molar-refractivity contribution in [3.8, 4) is 0 Å². The highest BCUT2D eigenvalue weighted by molar-refractivity contribution is 8.00. The predicted octanol–water partition coefficient (Wildman–Crippen LogP) is 3.15. The quantitative estimate of drug-likeness (QED) is 0.526. The van der Waals surface area contributed by atoms with Gasteiger partial charge < -0.3 is 9.64 Å². The Morgan fingerprint density at radius 1 is 1.33 bits per heavy atom. The van der Waals surface area contributed by atoms with Crippen molar-refractivity contribution in [2.45, 2.75) is 62.8 Å². The lowest BCUT2D eigenvalue weighted by molar-refractivity contribution is -0.140. The maximum Gasteiger partial charge on any atom is 0.346 e. The number of hydrogen-bond donors (Lipinski definition) is 0. The number of carbonyl (C=O) groups excluding carboxylic acids is 2. The second kappa shape index (κ2) is 9.66. The van der Waals surface area contributed by atoms with Crippen LogP contribution in [0.1, 0.15) is 58.2 Å². The SMILES string of the molecule is CCCCC(Sc1nc(C(C)CC)nn1C(=O)N(C)C)C(=O)OC. The van der Waals surface area contributed by atoms with Crippen LogP contribution in [-0.4, -0.2) is 58.1 Å². The molecule has 0 aromatic carbocycles. The molecule has 0 fully saturated rings. The molecule has 8 heteroatoms. The Kier molecular flexibility index (Phi) is 8.24. The lowest BCUT2D eigenvalue weighted by atomic mass is 10.1. The van der Waals surface area contributed by atoms with Crippen LogP contribution in [0.15, 0.2) is 5.16 Å². The van der Waals surface area contributed by atoms with E-state index < -0.39 is 5.25 Å². The van der Waals surface area contributed by atoms with Crippen LogP contribution in [-0.2, 0) is 9.53 Å². The Bertz CT molecular complexity index is 560. The molecule has 0 aliphatic rings. The molecule has 1 heterocycles. The number of amides is 1. The molecule has 2 atom stereocenters. The summed E-state index contributed by atoms with van der Waals surface area (Å²) >= 11 is 1.25. The third-order valence-electron chi connectivity index (χ3n) is 3.74. The Morgan fingerprint density at radius 3 is 2.50 bits per heavy atom. The molecule has 136 valence electrons. The van der Waals surface area contributed by atoms with Gasteiger partial charge in [-0.05, 0) is 12.8 Å². The number of thioether (sulfide) groups is 1. The summed E-state index contributed by atoms with van der Waals surface area (Å²) in [5.74, 6) is 0.465. The highest BCUT2D eigenvalue weighted by Crippen LogP contribution is 2.28. The number of esters is 1. The molecular formula is C16H28N4O3S. The van der Waals surface area contributed by atoms with Crippen LogP contribution in [0.5, 0.6) is 0 Å². The average molecular weight is 356 g/mol. The van der Waals surface area contributed by atoms with E-state index in [0.717, 1.165) is 19.3 Å². The van der Waals surface area contributed by atoms with Crippen LogP contribution in [0.3, 0.4) is 0 Å². The van der Waals surface area contributed by atoms with Gasteiger partial charge in [-0.3, -0.25) is 4.79 Å². The molecule has 0 N–H and O–H groups in total. The molecule has 0 aliphatic heterocycles. The summed E-state index contributed by atoms with van der Waals surface area (Å²) in [5, 5.41) is 4.41. The van der Waals surface area contributed by atoms with Crippen LogP contribution in [0.4, 0.5) is 4.79 Å². The van der Waals surface area contributed by atoms with Crippen molar-refractivity contribution >= 4 is 23.8 Å². The summed E-state index contributed by atoms with van der Waals surface area (Å²) in [5.41, 5.74) is 0. The van der Waals surface area contributed by atoms with E-state index in [0.29, 0.717) is 17.4 Å². The zero-order valence-electron chi connectivity index (χ0n) is 15.4. The van der Waals surface area contributed by atoms with Gasteiger partial charge in [-0.2, -0.15) is 4.68 Å². The van der Waals surface area contributed by atoms with E-state index in [1.54, 1.807) is 14.1 Å². The molecule has 0 saturated carbocycles. The first-order valence-corrected chi connectivity index (χ1v) is 9.16. The Hall–Kier alpha value is -1.57. The highest BCUT2D eigenvalue weighted by Gasteiger charge is 2.27. The second-order valence-electron chi connectivity index (χ2n) is 5.92. The van der Waals surface area contributed by atoms with Gasteiger partial charge in [0.05, 0.1) is 7.11 Å². The Morgan fingerprint density at radius 2 is 2.00 bits per heavy atom. The molecule has 0 spiro atoms. The predicted molar refractivity (Wildman–Crippen MR) is 94.4 cm³/mol. The second-order valence-corrected chi connectivity index (χ2v) is 7.09. The van der Waals surface area contributed by atoms with E-state index in [2.05, 4.69) is 17.0 Å². The first kappa shape index (κ1) is 20.5. The molecule has 0 bridgehead atoms. The summed E-state index contributed by atoms with van der Waals surface area (Å²) in [7, 11) is 4.70. The Balaban J connectivity index is 3.15. The van der Waals surface area contributed by atoms with Crippen LogP contribution in [0.25, 0.3) is 0 Å². The Labute approximate surface area is 148 Å². The molecule has 0 radical (unpaired) electrons. The summed E-state index contributed by atoms with van der Waals surface area (Å²) in [6, 6.07) is -0.279. The summed E-state index contributed by atoms with van der Waals surface area (Å²) in [6.07, 6.45) is 3.44. The molecule has 1 amide bonds. The van der Waals surface area contributed by atoms with Gasteiger partial charge >= 0.3 is 12.0 Å². The molecule has 1 rings (SSSR count). The zero-order valence-corrected chi connectivity index (χ0v) is 16.2. The third kappa shape index (κ3) is 5.22.